The van der Waals surface area contributed by atoms with Gasteiger partial charge in [-0.3, -0.25) is 0 Å². The maximum Gasteiger partial charge on any atom is 0.204 e. The van der Waals surface area contributed by atoms with Crippen molar-refractivity contribution in [3.8, 4) is 0 Å². The Hall–Kier alpha value is -1.03. The van der Waals surface area contributed by atoms with Crippen molar-refractivity contribution in [2.45, 2.75) is 31.7 Å². The molecule has 0 unspecified atom stereocenters. The normalized spacial score (nSPS) is 15.8. The van der Waals surface area contributed by atoms with Crippen molar-refractivity contribution in [1.29, 1.82) is 0 Å². The summed E-state index contributed by atoms with van der Waals surface area (Å²) in [5.41, 5.74) is 2.20. The summed E-state index contributed by atoms with van der Waals surface area (Å²) >= 11 is 3.52. The molecule has 1 aliphatic carbocycles. The number of nitrogens with zero attached hydrogens (tertiary/aromatic N) is 2. The predicted molar refractivity (Wildman–Crippen MR) is 79.5 cm³/mol. The van der Waals surface area contributed by atoms with Crippen LogP contribution in [-0.4, -0.2) is 27.9 Å². The summed E-state index contributed by atoms with van der Waals surface area (Å²) in [6.45, 7) is 1.08. The molecule has 0 aliphatic heterocycles. The molecule has 0 amide bonds. The smallest absolute Gasteiger partial charge is 0.204 e. The summed E-state index contributed by atoms with van der Waals surface area (Å²) in [4.78, 5) is 10.6. The number of rotatable bonds is 5. The highest BCUT2D eigenvalue weighted by molar-refractivity contribution is 9.09. The molecule has 1 aromatic heterocycles. The number of hydrogen-bond acceptors (Lipinski definition) is 2. The van der Waals surface area contributed by atoms with Gasteiger partial charge in [0.2, 0.25) is 5.95 Å². The molecule has 1 fully saturated rings. The van der Waals surface area contributed by atoms with Gasteiger partial charge < -0.3 is 9.88 Å². The van der Waals surface area contributed by atoms with E-state index in [-0.39, 0.29) is 0 Å². The number of hydrogen-bond donors (Lipinski definition) is 1. The lowest BCUT2D eigenvalue weighted by atomic mass is 9.91. The fourth-order valence-corrected chi connectivity index (χ4v) is 2.72. The Morgan fingerprint density at radius 3 is 2.83 bits per heavy atom. The number of para-hydroxylation sites is 2. The zero-order valence-electron chi connectivity index (χ0n) is 10.4. The molecule has 1 saturated carbocycles. The first-order valence-corrected chi connectivity index (χ1v) is 7.78. The van der Waals surface area contributed by atoms with E-state index in [0.29, 0.717) is 6.04 Å². The van der Waals surface area contributed by atoms with Crippen LogP contribution in [0.2, 0.25) is 0 Å². The first-order valence-electron chi connectivity index (χ1n) is 6.66. The van der Waals surface area contributed by atoms with Gasteiger partial charge in [0.25, 0.3) is 0 Å². The van der Waals surface area contributed by atoms with E-state index in [0.717, 1.165) is 35.3 Å². The second-order valence-electron chi connectivity index (χ2n) is 4.90. The van der Waals surface area contributed by atoms with Crippen LogP contribution in [0.15, 0.2) is 24.3 Å². The van der Waals surface area contributed by atoms with Crippen LogP contribution in [-0.2, 0) is 0 Å². The lowest BCUT2D eigenvalue weighted by Crippen LogP contribution is -2.41. The third-order valence-electron chi connectivity index (χ3n) is 3.70. The Labute approximate surface area is 116 Å². The van der Waals surface area contributed by atoms with Crippen LogP contribution in [0.5, 0.6) is 0 Å². The fourth-order valence-electron chi connectivity index (χ4n) is 2.47. The lowest BCUT2D eigenvalue weighted by molar-refractivity contribution is 0.382. The highest BCUT2D eigenvalue weighted by Gasteiger charge is 2.26. The Morgan fingerprint density at radius 1 is 1.33 bits per heavy atom. The third kappa shape index (κ3) is 2.26. The summed E-state index contributed by atoms with van der Waals surface area (Å²) in [6, 6.07) is 8.94. The van der Waals surface area contributed by atoms with Crippen molar-refractivity contribution in [3.63, 3.8) is 0 Å². The van der Waals surface area contributed by atoms with E-state index in [1.54, 1.807) is 0 Å². The van der Waals surface area contributed by atoms with Gasteiger partial charge in [-0.15, -0.1) is 0 Å². The number of anilines is 1. The van der Waals surface area contributed by atoms with Crippen molar-refractivity contribution in [2.24, 2.45) is 0 Å². The molecule has 2 aromatic rings. The van der Waals surface area contributed by atoms with E-state index in [9.17, 15) is 0 Å². The van der Waals surface area contributed by atoms with Crippen LogP contribution < -0.4 is 4.90 Å². The summed E-state index contributed by atoms with van der Waals surface area (Å²) in [5.74, 6) is 1.04. The van der Waals surface area contributed by atoms with Crippen molar-refractivity contribution in [1.82, 2.24) is 9.97 Å². The molecular formula is C14H18BrN3. The predicted octanol–water partition coefficient (Wildman–Crippen LogP) is 3.71. The summed E-state index contributed by atoms with van der Waals surface area (Å²) < 4.78 is 0. The van der Waals surface area contributed by atoms with Gasteiger partial charge in [-0.25, -0.2) is 4.98 Å². The molecule has 3 nitrogen and oxygen atoms in total. The molecule has 18 heavy (non-hydrogen) atoms. The zero-order valence-corrected chi connectivity index (χ0v) is 12.0. The molecule has 0 radical (unpaired) electrons. The Kier molecular flexibility index (Phi) is 3.55. The molecule has 0 bridgehead atoms. The minimum absolute atomic E-state index is 0.685. The van der Waals surface area contributed by atoms with E-state index < -0.39 is 0 Å². The molecule has 4 heteroatoms. The second-order valence-corrected chi connectivity index (χ2v) is 5.69. The van der Waals surface area contributed by atoms with Crippen LogP contribution in [0.3, 0.4) is 0 Å². The van der Waals surface area contributed by atoms with Crippen LogP contribution in [0.4, 0.5) is 5.95 Å². The van der Waals surface area contributed by atoms with E-state index in [4.69, 9.17) is 4.98 Å². The van der Waals surface area contributed by atoms with Crippen molar-refractivity contribution >= 4 is 32.9 Å². The van der Waals surface area contributed by atoms with E-state index in [2.05, 4.69) is 44.0 Å². The van der Waals surface area contributed by atoms with Gasteiger partial charge in [0.1, 0.15) is 0 Å². The van der Waals surface area contributed by atoms with Gasteiger partial charge in [-0.05, 0) is 37.8 Å². The summed E-state index contributed by atoms with van der Waals surface area (Å²) in [5, 5.41) is 1.05. The van der Waals surface area contributed by atoms with Gasteiger partial charge in [0.15, 0.2) is 0 Å². The topological polar surface area (TPSA) is 31.9 Å². The molecule has 1 aromatic carbocycles. The van der Waals surface area contributed by atoms with Crippen molar-refractivity contribution in [2.75, 3.05) is 16.8 Å². The van der Waals surface area contributed by atoms with Gasteiger partial charge in [0, 0.05) is 17.9 Å². The Bertz CT molecular complexity index is 485. The van der Waals surface area contributed by atoms with Crippen molar-refractivity contribution in [3.05, 3.63) is 24.3 Å². The van der Waals surface area contributed by atoms with E-state index >= 15 is 0 Å². The molecule has 96 valence electrons. The first kappa shape index (κ1) is 12.0. The molecule has 1 aliphatic rings. The number of halogens is 1. The van der Waals surface area contributed by atoms with E-state index in [1.165, 1.54) is 19.3 Å². The largest absolute Gasteiger partial charge is 0.339 e. The quantitative estimate of drug-likeness (QED) is 0.854. The van der Waals surface area contributed by atoms with Gasteiger partial charge in [-0.1, -0.05) is 28.1 Å². The molecule has 3 rings (SSSR count). The highest BCUT2D eigenvalue weighted by Crippen LogP contribution is 2.29. The number of benzene rings is 1. The highest BCUT2D eigenvalue weighted by atomic mass is 79.9. The number of H-pyrrole nitrogens is 1. The zero-order chi connectivity index (χ0) is 12.4. The lowest BCUT2D eigenvalue weighted by Gasteiger charge is -2.37. The molecule has 0 atom stereocenters. The molecule has 1 N–H and O–H groups in total. The Balaban J connectivity index is 1.87. The molecule has 0 spiro atoms. The van der Waals surface area contributed by atoms with Gasteiger partial charge in [-0.2, -0.15) is 0 Å². The van der Waals surface area contributed by atoms with Crippen LogP contribution in [0.1, 0.15) is 25.7 Å². The minimum Gasteiger partial charge on any atom is -0.339 e. The van der Waals surface area contributed by atoms with Gasteiger partial charge in [0.05, 0.1) is 11.0 Å². The average Bonchev–Trinajstić information content (AvgIpc) is 2.75. The maximum atomic E-state index is 4.72. The minimum atomic E-state index is 0.685. The third-order valence-corrected chi connectivity index (χ3v) is 4.26. The number of imidazole rings is 1. The van der Waals surface area contributed by atoms with Crippen LogP contribution in [0, 0.1) is 0 Å². The summed E-state index contributed by atoms with van der Waals surface area (Å²) in [6.07, 6.45) is 5.13. The molecule has 0 saturated heterocycles. The standard InChI is InChI=1S/C14H18BrN3/c15-9-4-10-18(11-5-3-6-11)14-16-12-7-1-2-8-13(12)17-14/h1-2,7-8,11H,3-6,9-10H2,(H,16,17). The summed E-state index contributed by atoms with van der Waals surface area (Å²) in [7, 11) is 0. The van der Waals surface area contributed by atoms with Crippen LogP contribution in [0.25, 0.3) is 11.0 Å². The monoisotopic (exact) mass is 307 g/mol. The fraction of sp³-hybridized carbons (Fsp3) is 0.500. The Morgan fingerprint density at radius 2 is 2.17 bits per heavy atom. The number of fused-ring (bicyclic) bond motifs is 1. The molecular weight excluding hydrogens is 290 g/mol. The SMILES string of the molecule is BrCCCN(c1nc2ccccc2[nH]1)C1CCC1. The van der Waals surface area contributed by atoms with Gasteiger partial charge >= 0.3 is 0 Å². The number of aromatic amines is 1. The average molecular weight is 308 g/mol. The maximum absolute atomic E-state index is 4.72. The molecule has 1 heterocycles. The number of nitrogens with one attached hydrogen (secondary N) is 1. The second kappa shape index (κ2) is 5.31. The van der Waals surface area contributed by atoms with Crippen molar-refractivity contribution < 1.29 is 0 Å². The first-order chi connectivity index (χ1) is 8.88. The number of aromatic nitrogens is 2. The number of alkyl halides is 1. The van der Waals surface area contributed by atoms with Crippen LogP contribution >= 0.6 is 15.9 Å². The van der Waals surface area contributed by atoms with E-state index in [1.807, 2.05) is 6.07 Å².